The summed E-state index contributed by atoms with van der Waals surface area (Å²) in [7, 11) is 0. The molecule has 0 radical (unpaired) electrons. The molecule has 1 amide bonds. The summed E-state index contributed by atoms with van der Waals surface area (Å²) in [5, 5.41) is 4.10. The summed E-state index contributed by atoms with van der Waals surface area (Å²) in [6.07, 6.45) is 0.482. The van der Waals surface area contributed by atoms with Crippen molar-refractivity contribution in [1.29, 1.82) is 0 Å². The van der Waals surface area contributed by atoms with Crippen LogP contribution in [0.3, 0.4) is 0 Å². The third-order valence-corrected chi connectivity index (χ3v) is 4.19. The predicted molar refractivity (Wildman–Crippen MR) is 102 cm³/mol. The van der Waals surface area contributed by atoms with Gasteiger partial charge in [-0.15, -0.1) is 0 Å². The molecule has 1 aromatic heterocycles. The molecule has 0 aliphatic carbocycles. The first kappa shape index (κ1) is 18.8. The van der Waals surface area contributed by atoms with Crippen molar-refractivity contribution in [1.82, 2.24) is 10.1 Å². The van der Waals surface area contributed by atoms with Gasteiger partial charge in [0, 0.05) is 24.6 Å². The number of hydrogen-bond acceptors (Lipinski definition) is 3. The first-order valence-corrected chi connectivity index (χ1v) is 9.04. The van der Waals surface area contributed by atoms with Gasteiger partial charge in [0.05, 0.1) is 6.54 Å². The largest absolute Gasteiger partial charge is 0.356 e. The van der Waals surface area contributed by atoms with E-state index in [2.05, 4.69) is 5.16 Å². The second-order valence-corrected chi connectivity index (χ2v) is 7.02. The fraction of sp³-hybridized carbons (Fsp3) is 0.273. The molecular weight excluding hydrogens is 343 g/mol. The lowest BCUT2D eigenvalue weighted by atomic mass is 10.1. The summed E-state index contributed by atoms with van der Waals surface area (Å²) in [4.78, 5) is 14.5. The second kappa shape index (κ2) is 8.62. The molecule has 4 nitrogen and oxygen atoms in total. The molecule has 27 heavy (non-hydrogen) atoms. The van der Waals surface area contributed by atoms with Crippen LogP contribution in [0.4, 0.5) is 4.39 Å². The van der Waals surface area contributed by atoms with Crippen molar-refractivity contribution >= 4 is 5.91 Å². The van der Waals surface area contributed by atoms with Crippen molar-refractivity contribution in [3.05, 3.63) is 77.7 Å². The number of aromatic nitrogens is 1. The molecule has 0 fully saturated rings. The zero-order chi connectivity index (χ0) is 19.2. The normalized spacial score (nSPS) is 11.0. The van der Waals surface area contributed by atoms with E-state index >= 15 is 0 Å². The van der Waals surface area contributed by atoms with E-state index in [1.165, 1.54) is 12.1 Å². The monoisotopic (exact) mass is 366 g/mol. The molecule has 0 saturated heterocycles. The number of carbonyl (C=O) groups is 1. The molecule has 3 rings (SSSR count). The summed E-state index contributed by atoms with van der Waals surface area (Å²) >= 11 is 0. The Morgan fingerprint density at radius 2 is 1.78 bits per heavy atom. The molecule has 0 N–H and O–H groups in total. The lowest BCUT2D eigenvalue weighted by molar-refractivity contribution is -0.133. The fourth-order valence-corrected chi connectivity index (χ4v) is 2.85. The average Bonchev–Trinajstić information content (AvgIpc) is 3.10. The van der Waals surface area contributed by atoms with E-state index in [1.54, 1.807) is 23.1 Å². The molecule has 0 saturated carbocycles. The smallest absolute Gasteiger partial charge is 0.223 e. The van der Waals surface area contributed by atoms with Crippen molar-refractivity contribution in [3.8, 4) is 11.3 Å². The number of amides is 1. The first-order valence-electron chi connectivity index (χ1n) is 9.04. The van der Waals surface area contributed by atoms with Gasteiger partial charge in [-0.2, -0.15) is 0 Å². The Labute approximate surface area is 158 Å². The Kier molecular flexibility index (Phi) is 6.01. The maximum Gasteiger partial charge on any atom is 0.223 e. The highest BCUT2D eigenvalue weighted by atomic mass is 19.1. The van der Waals surface area contributed by atoms with Gasteiger partial charge in [0.15, 0.2) is 5.76 Å². The standard InChI is InChI=1S/C22H23FN2O2/c1-16(2)12-22(26)25(14-17-6-4-3-5-7-17)15-20-13-21(27-24-20)18-8-10-19(23)11-9-18/h3-11,13,16H,12,14-15H2,1-2H3. The van der Waals surface area contributed by atoms with Gasteiger partial charge in [-0.1, -0.05) is 49.3 Å². The number of nitrogens with zero attached hydrogens (tertiary/aromatic N) is 2. The Bertz CT molecular complexity index is 873. The van der Waals surface area contributed by atoms with Crippen molar-refractivity contribution in [2.24, 2.45) is 5.92 Å². The van der Waals surface area contributed by atoms with Gasteiger partial charge >= 0.3 is 0 Å². The molecule has 2 aromatic carbocycles. The minimum atomic E-state index is -0.299. The number of halogens is 1. The van der Waals surface area contributed by atoms with Gasteiger partial charge < -0.3 is 9.42 Å². The van der Waals surface area contributed by atoms with E-state index in [4.69, 9.17) is 4.52 Å². The molecule has 0 unspecified atom stereocenters. The summed E-state index contributed by atoms with van der Waals surface area (Å²) < 4.78 is 18.5. The minimum Gasteiger partial charge on any atom is -0.356 e. The number of carbonyl (C=O) groups excluding carboxylic acids is 1. The van der Waals surface area contributed by atoms with E-state index < -0.39 is 0 Å². The van der Waals surface area contributed by atoms with Gasteiger partial charge in [0.1, 0.15) is 11.5 Å². The topological polar surface area (TPSA) is 46.3 Å². The van der Waals surface area contributed by atoms with Crippen LogP contribution in [0, 0.1) is 11.7 Å². The Hall–Kier alpha value is -2.95. The van der Waals surface area contributed by atoms with Crippen molar-refractivity contribution in [2.75, 3.05) is 0 Å². The van der Waals surface area contributed by atoms with Crippen LogP contribution >= 0.6 is 0 Å². The molecule has 140 valence electrons. The number of rotatable bonds is 7. The minimum absolute atomic E-state index is 0.0835. The molecule has 3 aromatic rings. The summed E-state index contributed by atoms with van der Waals surface area (Å²) in [6.45, 7) is 4.94. The third kappa shape index (κ3) is 5.26. The maximum absolute atomic E-state index is 13.1. The van der Waals surface area contributed by atoms with E-state index in [0.29, 0.717) is 31.0 Å². The van der Waals surface area contributed by atoms with Gasteiger partial charge in [-0.3, -0.25) is 4.79 Å². The van der Waals surface area contributed by atoms with Crippen molar-refractivity contribution in [2.45, 2.75) is 33.4 Å². The van der Waals surface area contributed by atoms with Crippen LogP contribution in [0.5, 0.6) is 0 Å². The average molecular weight is 366 g/mol. The van der Waals surface area contributed by atoms with E-state index in [9.17, 15) is 9.18 Å². The van der Waals surface area contributed by atoms with Crippen LogP contribution in [0.2, 0.25) is 0 Å². The fourth-order valence-electron chi connectivity index (χ4n) is 2.85. The number of hydrogen-bond donors (Lipinski definition) is 0. The first-order chi connectivity index (χ1) is 13.0. The molecule has 0 aliphatic rings. The predicted octanol–water partition coefficient (Wildman–Crippen LogP) is 5.06. The molecule has 1 heterocycles. The highest BCUT2D eigenvalue weighted by molar-refractivity contribution is 5.76. The van der Waals surface area contributed by atoms with Crippen LogP contribution in [0.25, 0.3) is 11.3 Å². The number of benzene rings is 2. The quantitative estimate of drug-likeness (QED) is 0.587. The van der Waals surface area contributed by atoms with Crippen LogP contribution in [-0.4, -0.2) is 16.0 Å². The second-order valence-electron chi connectivity index (χ2n) is 7.02. The molecule has 5 heteroatoms. The van der Waals surface area contributed by atoms with Crippen molar-refractivity contribution in [3.63, 3.8) is 0 Å². The molecular formula is C22H23FN2O2. The molecule has 0 spiro atoms. The zero-order valence-corrected chi connectivity index (χ0v) is 15.6. The van der Waals surface area contributed by atoms with Gasteiger partial charge in [0.2, 0.25) is 5.91 Å². The summed E-state index contributed by atoms with van der Waals surface area (Å²) in [5.74, 6) is 0.621. The van der Waals surface area contributed by atoms with Gasteiger partial charge in [0.25, 0.3) is 0 Å². The lowest BCUT2D eigenvalue weighted by Gasteiger charge is -2.22. The van der Waals surface area contributed by atoms with Crippen LogP contribution < -0.4 is 0 Å². The third-order valence-electron chi connectivity index (χ3n) is 4.19. The van der Waals surface area contributed by atoms with Gasteiger partial charge in [-0.25, -0.2) is 4.39 Å². The highest BCUT2D eigenvalue weighted by Crippen LogP contribution is 2.22. The van der Waals surface area contributed by atoms with E-state index in [1.807, 2.05) is 44.2 Å². The lowest BCUT2D eigenvalue weighted by Crippen LogP contribution is -2.31. The Morgan fingerprint density at radius 3 is 2.44 bits per heavy atom. The Balaban J connectivity index is 1.77. The molecule has 0 aliphatic heterocycles. The SMILES string of the molecule is CC(C)CC(=O)N(Cc1ccccc1)Cc1cc(-c2ccc(F)cc2)on1. The molecule has 0 atom stereocenters. The van der Waals surface area contributed by atoms with E-state index in [0.717, 1.165) is 11.1 Å². The highest BCUT2D eigenvalue weighted by Gasteiger charge is 2.18. The van der Waals surface area contributed by atoms with Crippen molar-refractivity contribution < 1.29 is 13.7 Å². The van der Waals surface area contributed by atoms with Crippen LogP contribution in [0.15, 0.2) is 65.2 Å². The maximum atomic E-state index is 13.1. The Morgan fingerprint density at radius 1 is 1.07 bits per heavy atom. The van der Waals surface area contributed by atoms with Crippen LogP contribution in [0.1, 0.15) is 31.5 Å². The van der Waals surface area contributed by atoms with Gasteiger partial charge in [-0.05, 0) is 35.7 Å². The summed E-state index contributed by atoms with van der Waals surface area (Å²) in [5.41, 5.74) is 2.48. The summed E-state index contributed by atoms with van der Waals surface area (Å²) in [6, 6.07) is 17.7. The van der Waals surface area contributed by atoms with Crippen LogP contribution in [-0.2, 0) is 17.9 Å². The van der Waals surface area contributed by atoms with E-state index in [-0.39, 0.29) is 17.6 Å². The molecule has 0 bridgehead atoms. The zero-order valence-electron chi connectivity index (χ0n) is 15.6.